The molecule has 2 aliphatic rings. The van der Waals surface area contributed by atoms with Crippen LogP contribution in [-0.2, 0) is 24.4 Å². The minimum absolute atomic E-state index is 0.0719. The van der Waals surface area contributed by atoms with Crippen LogP contribution < -0.4 is 15.0 Å². The molecule has 0 unspecified atom stereocenters. The number of ether oxygens (including phenoxy) is 1. The Morgan fingerprint density at radius 2 is 2.02 bits per heavy atom. The Morgan fingerprint density at radius 1 is 1.17 bits per heavy atom. The number of hydrogen-bond acceptors (Lipinski definition) is 8. The number of carbonyl (C=O) groups excluding carboxylic acids is 2. The summed E-state index contributed by atoms with van der Waals surface area (Å²) in [6.07, 6.45) is 2.67. The largest absolute Gasteiger partial charge is 0.489 e. The van der Waals surface area contributed by atoms with E-state index in [-0.39, 0.29) is 28.7 Å². The van der Waals surface area contributed by atoms with Crippen LogP contribution in [-0.4, -0.2) is 67.7 Å². The van der Waals surface area contributed by atoms with Gasteiger partial charge in [0.2, 0.25) is 5.82 Å². The zero-order valence-corrected chi connectivity index (χ0v) is 22.5. The summed E-state index contributed by atoms with van der Waals surface area (Å²) >= 11 is 6.12. The van der Waals surface area contributed by atoms with Crippen molar-refractivity contribution in [3.63, 3.8) is 0 Å². The van der Waals surface area contributed by atoms with Crippen LogP contribution in [0.4, 0.5) is 14.5 Å². The van der Waals surface area contributed by atoms with Crippen molar-refractivity contribution in [1.29, 1.82) is 0 Å². The second-order valence-electron chi connectivity index (χ2n) is 9.66. The van der Waals surface area contributed by atoms with Gasteiger partial charge in [0.15, 0.2) is 0 Å². The van der Waals surface area contributed by atoms with Crippen molar-refractivity contribution in [3.8, 4) is 17.0 Å². The van der Waals surface area contributed by atoms with Crippen LogP contribution >= 0.6 is 11.6 Å². The predicted octanol–water partition coefficient (Wildman–Crippen LogP) is 2.84. The number of rotatable bonds is 5. The molecule has 0 radical (unpaired) electrons. The number of nitrogens with one attached hydrogen (secondary N) is 1. The number of benzene rings is 2. The van der Waals surface area contributed by atoms with Crippen LogP contribution in [0.15, 0.2) is 48.9 Å². The molecule has 210 valence electrons. The number of amides is 2. The number of halogens is 3. The first-order valence-electron chi connectivity index (χ1n) is 12.7. The topological polar surface area (TPSA) is 118 Å². The molecule has 0 saturated carbocycles. The van der Waals surface area contributed by atoms with E-state index in [9.17, 15) is 18.4 Å². The Kier molecular flexibility index (Phi) is 7.05. The molecule has 2 aromatic heterocycles. The number of nitrogens with zero attached hydrogens (tertiary/aromatic N) is 7. The van der Waals surface area contributed by atoms with Gasteiger partial charge in [0.25, 0.3) is 11.8 Å². The predicted molar refractivity (Wildman–Crippen MR) is 143 cm³/mol. The fourth-order valence-corrected chi connectivity index (χ4v) is 5.02. The lowest BCUT2D eigenvalue weighted by Gasteiger charge is -2.27. The highest BCUT2D eigenvalue weighted by molar-refractivity contribution is 6.33. The fraction of sp³-hybridized carbons (Fsp3) is 0.259. The lowest BCUT2D eigenvalue weighted by Crippen LogP contribution is -2.49. The lowest BCUT2D eigenvalue weighted by molar-refractivity contribution is -0.120. The normalized spacial score (nSPS) is 16.9. The number of hydrogen-bond donors (Lipinski definition) is 1. The van der Waals surface area contributed by atoms with Crippen molar-refractivity contribution in [1.82, 2.24) is 34.9 Å². The molecule has 1 N–H and O–H groups in total. The van der Waals surface area contributed by atoms with Gasteiger partial charge >= 0.3 is 0 Å². The van der Waals surface area contributed by atoms with E-state index in [1.807, 2.05) is 16.8 Å². The highest BCUT2D eigenvalue weighted by Crippen LogP contribution is 2.33. The van der Waals surface area contributed by atoms with Crippen LogP contribution in [0, 0.1) is 11.6 Å². The summed E-state index contributed by atoms with van der Waals surface area (Å²) in [6.45, 7) is 2.76. The van der Waals surface area contributed by atoms with E-state index >= 15 is 0 Å². The molecule has 4 heterocycles. The first-order chi connectivity index (χ1) is 19.8. The molecule has 14 heteroatoms. The van der Waals surface area contributed by atoms with Crippen molar-refractivity contribution >= 4 is 29.1 Å². The smallest absolute Gasteiger partial charge is 0.289 e. The summed E-state index contributed by atoms with van der Waals surface area (Å²) in [5.41, 5.74) is 1.17. The zero-order valence-electron chi connectivity index (χ0n) is 21.7. The number of likely N-dealkylation sites (N-methyl/N-ethyl adjacent to an activating group) is 1. The maximum Gasteiger partial charge on any atom is 0.289 e. The van der Waals surface area contributed by atoms with Crippen molar-refractivity contribution in [2.75, 3.05) is 25.1 Å². The Balaban J connectivity index is 1.17. The van der Waals surface area contributed by atoms with Crippen LogP contribution in [0.5, 0.6) is 5.75 Å². The standard InChI is InChI=1S/C27H23ClF2N8O3/c1-36-21-5-2-15(11-37-6-7-38-23(12-37)32-14-33-38)8-22(21)41-13-20(27(36)40)34-26(39)25-31-10-18(28)24(35-25)17-9-16(29)3-4-19(17)30/h2-5,8-10,14,20H,6-7,11-13H2,1H3,(H,34,39)/t20-/m0/s1. The summed E-state index contributed by atoms with van der Waals surface area (Å²) in [5, 5.41) is 6.72. The lowest BCUT2D eigenvalue weighted by atomic mass is 10.1. The van der Waals surface area contributed by atoms with Crippen molar-refractivity contribution in [3.05, 3.63) is 82.8 Å². The third kappa shape index (κ3) is 5.33. The van der Waals surface area contributed by atoms with E-state index in [2.05, 4.69) is 30.3 Å². The van der Waals surface area contributed by atoms with Crippen LogP contribution in [0.25, 0.3) is 11.3 Å². The number of anilines is 1. The molecular formula is C27H23ClF2N8O3. The minimum Gasteiger partial charge on any atom is -0.489 e. The van der Waals surface area contributed by atoms with E-state index in [1.165, 1.54) is 4.90 Å². The molecule has 2 aromatic carbocycles. The number of aromatic nitrogens is 5. The Labute approximate surface area is 237 Å². The third-order valence-electron chi connectivity index (χ3n) is 6.95. The molecular weight excluding hydrogens is 558 g/mol. The van der Waals surface area contributed by atoms with Gasteiger partial charge in [-0.25, -0.2) is 28.4 Å². The average molecular weight is 581 g/mol. The van der Waals surface area contributed by atoms with Crippen molar-refractivity contribution in [2.24, 2.45) is 0 Å². The Morgan fingerprint density at radius 3 is 2.88 bits per heavy atom. The fourth-order valence-electron chi connectivity index (χ4n) is 4.82. The van der Waals surface area contributed by atoms with Crippen molar-refractivity contribution in [2.45, 2.75) is 25.7 Å². The second kappa shape index (κ2) is 10.8. The second-order valence-corrected chi connectivity index (χ2v) is 10.1. The van der Waals surface area contributed by atoms with Gasteiger partial charge in [0.1, 0.15) is 42.2 Å². The molecule has 4 aromatic rings. The SMILES string of the molecule is CN1C(=O)[C@@H](NC(=O)c2ncc(Cl)c(-c3cc(F)ccc3F)n2)COc2cc(CN3CCn4ncnc4C3)ccc21. The van der Waals surface area contributed by atoms with E-state index in [0.29, 0.717) is 24.5 Å². The van der Waals surface area contributed by atoms with Gasteiger partial charge in [-0.1, -0.05) is 17.7 Å². The molecule has 0 saturated heterocycles. The molecule has 2 amide bonds. The molecule has 0 spiro atoms. The van der Waals surface area contributed by atoms with E-state index in [1.54, 1.807) is 19.4 Å². The zero-order chi connectivity index (χ0) is 28.7. The summed E-state index contributed by atoms with van der Waals surface area (Å²) in [7, 11) is 1.59. The average Bonchev–Trinajstić information content (AvgIpc) is 3.40. The van der Waals surface area contributed by atoms with Crippen LogP contribution in [0.2, 0.25) is 5.02 Å². The summed E-state index contributed by atoms with van der Waals surface area (Å²) in [6, 6.07) is 7.36. The number of fused-ring (bicyclic) bond motifs is 2. The summed E-state index contributed by atoms with van der Waals surface area (Å²) < 4.78 is 36.0. The van der Waals surface area contributed by atoms with Gasteiger partial charge in [0, 0.05) is 25.7 Å². The molecule has 11 nitrogen and oxygen atoms in total. The quantitative estimate of drug-likeness (QED) is 0.383. The van der Waals surface area contributed by atoms with E-state index < -0.39 is 29.5 Å². The Hall–Kier alpha value is -4.49. The van der Waals surface area contributed by atoms with Gasteiger partial charge in [-0.05, 0) is 35.9 Å². The molecule has 0 aliphatic carbocycles. The molecule has 2 aliphatic heterocycles. The first kappa shape index (κ1) is 26.7. The maximum absolute atomic E-state index is 14.4. The monoisotopic (exact) mass is 580 g/mol. The molecule has 1 atom stereocenters. The summed E-state index contributed by atoms with van der Waals surface area (Å²) in [4.78, 5) is 42.2. The maximum atomic E-state index is 14.4. The van der Waals surface area contributed by atoms with Gasteiger partial charge in [-0.3, -0.25) is 14.5 Å². The van der Waals surface area contributed by atoms with Gasteiger partial charge in [-0.2, -0.15) is 5.10 Å². The van der Waals surface area contributed by atoms with Gasteiger partial charge < -0.3 is 15.0 Å². The molecule has 0 bridgehead atoms. The van der Waals surface area contributed by atoms with Gasteiger partial charge in [-0.15, -0.1) is 0 Å². The van der Waals surface area contributed by atoms with Crippen LogP contribution in [0.1, 0.15) is 22.0 Å². The van der Waals surface area contributed by atoms with E-state index in [4.69, 9.17) is 16.3 Å². The Bertz CT molecular complexity index is 1670. The molecule has 0 fully saturated rings. The third-order valence-corrected chi connectivity index (χ3v) is 7.23. The first-order valence-corrected chi connectivity index (χ1v) is 13.1. The summed E-state index contributed by atoms with van der Waals surface area (Å²) in [5.74, 6) is -1.65. The molecule has 41 heavy (non-hydrogen) atoms. The molecule has 6 rings (SSSR count). The van der Waals surface area contributed by atoms with Crippen molar-refractivity contribution < 1.29 is 23.1 Å². The highest BCUT2D eigenvalue weighted by Gasteiger charge is 2.32. The van der Waals surface area contributed by atoms with E-state index in [0.717, 1.165) is 48.9 Å². The number of carbonyl (C=O) groups is 2. The van der Waals surface area contributed by atoms with Crippen LogP contribution in [0.3, 0.4) is 0 Å². The van der Waals surface area contributed by atoms with Gasteiger partial charge in [0.05, 0.1) is 35.7 Å². The minimum atomic E-state index is -1.06. The highest BCUT2D eigenvalue weighted by atomic mass is 35.5.